The lowest BCUT2D eigenvalue weighted by Crippen LogP contribution is -2.33. The molecule has 0 aromatic carbocycles. The molecule has 5 nitrogen and oxygen atoms in total. The van der Waals surface area contributed by atoms with Crippen LogP contribution in [0.4, 0.5) is 0 Å². The van der Waals surface area contributed by atoms with Crippen LogP contribution in [0.15, 0.2) is 10.3 Å². The Balaban J connectivity index is 2.80. The highest BCUT2D eigenvalue weighted by Gasteiger charge is 2.22. The fourth-order valence-electron chi connectivity index (χ4n) is 1.87. The molecule has 2 N–H and O–H groups in total. The average Bonchev–Trinajstić information content (AvgIpc) is 2.77. The van der Waals surface area contributed by atoms with Crippen LogP contribution in [0.1, 0.15) is 31.2 Å². The van der Waals surface area contributed by atoms with Crippen LogP contribution in [-0.4, -0.2) is 46.0 Å². The number of sulfonamides is 1. The summed E-state index contributed by atoms with van der Waals surface area (Å²) in [5.74, 6) is 0. The number of hydrogen-bond acceptors (Lipinski definition) is 5. The van der Waals surface area contributed by atoms with Gasteiger partial charge in [0.15, 0.2) is 0 Å². The maximum atomic E-state index is 12.5. The van der Waals surface area contributed by atoms with Crippen LogP contribution in [0.2, 0.25) is 0 Å². The van der Waals surface area contributed by atoms with Gasteiger partial charge in [-0.15, -0.1) is 11.3 Å². The van der Waals surface area contributed by atoms with Crippen molar-refractivity contribution in [2.45, 2.75) is 45.2 Å². The van der Waals surface area contributed by atoms with Gasteiger partial charge in [0.2, 0.25) is 10.0 Å². The van der Waals surface area contributed by atoms with Gasteiger partial charge in [-0.25, -0.2) is 13.1 Å². The number of hydrogen-bond donors (Lipinski definition) is 2. The summed E-state index contributed by atoms with van der Waals surface area (Å²) in [5, 5.41) is 5.19. The normalized spacial score (nSPS) is 12.5. The predicted molar refractivity (Wildman–Crippen MR) is 89.4 cm³/mol. The lowest BCUT2D eigenvalue weighted by atomic mass is 10.3. The fourth-order valence-corrected chi connectivity index (χ4v) is 4.65. The Morgan fingerprint density at radius 1 is 1.38 bits per heavy atom. The van der Waals surface area contributed by atoms with Crippen molar-refractivity contribution < 1.29 is 8.42 Å². The summed E-state index contributed by atoms with van der Waals surface area (Å²) in [6, 6.07) is 0.328. The molecule has 0 bridgehead atoms. The minimum atomic E-state index is -3.44. The lowest BCUT2D eigenvalue weighted by Gasteiger charge is -2.15. The minimum absolute atomic E-state index is 0.328. The van der Waals surface area contributed by atoms with Crippen molar-refractivity contribution >= 4 is 21.4 Å². The van der Waals surface area contributed by atoms with Gasteiger partial charge in [-0.1, -0.05) is 20.8 Å². The number of aryl methyl sites for hydroxylation is 1. The Hall–Kier alpha value is -0.470. The van der Waals surface area contributed by atoms with Gasteiger partial charge in [-0.3, -0.25) is 0 Å². The van der Waals surface area contributed by atoms with Crippen LogP contribution in [0.3, 0.4) is 0 Å². The number of thiophene rings is 1. The monoisotopic (exact) mass is 333 g/mol. The third kappa shape index (κ3) is 5.67. The first kappa shape index (κ1) is 18.6. The van der Waals surface area contributed by atoms with E-state index >= 15 is 0 Å². The van der Waals surface area contributed by atoms with Crippen LogP contribution in [0.5, 0.6) is 0 Å². The fraction of sp³-hybridized carbons (Fsp3) is 0.714. The van der Waals surface area contributed by atoms with Gasteiger partial charge in [0.05, 0.1) is 0 Å². The maximum Gasteiger partial charge on any atom is 0.242 e. The summed E-state index contributed by atoms with van der Waals surface area (Å²) >= 11 is 1.50. The summed E-state index contributed by atoms with van der Waals surface area (Å²) in [4.78, 5) is 3.39. The molecule has 7 heteroatoms. The highest BCUT2D eigenvalue weighted by Crippen LogP contribution is 2.26. The summed E-state index contributed by atoms with van der Waals surface area (Å²) in [6.07, 6.45) is 0. The standard InChI is InChI=1S/C14H27N3O2S2/c1-6-17(5)8-7-16-21(18,19)14-12(4)10-20-13(14)9-15-11(2)3/h10-11,15-16H,6-9H2,1-5H3. The van der Waals surface area contributed by atoms with E-state index in [9.17, 15) is 8.42 Å². The third-order valence-electron chi connectivity index (χ3n) is 3.25. The Morgan fingerprint density at radius 2 is 2.05 bits per heavy atom. The molecule has 0 aliphatic rings. The number of nitrogens with zero attached hydrogens (tertiary/aromatic N) is 1. The van der Waals surface area contributed by atoms with E-state index in [1.807, 2.05) is 40.1 Å². The van der Waals surface area contributed by atoms with E-state index in [1.165, 1.54) is 11.3 Å². The van der Waals surface area contributed by atoms with Gasteiger partial charge in [0.1, 0.15) is 4.90 Å². The molecule has 1 heterocycles. The van der Waals surface area contributed by atoms with Crippen molar-refractivity contribution in [3.63, 3.8) is 0 Å². The highest BCUT2D eigenvalue weighted by atomic mass is 32.2. The maximum absolute atomic E-state index is 12.5. The molecule has 0 atom stereocenters. The summed E-state index contributed by atoms with van der Waals surface area (Å²) < 4.78 is 27.7. The smallest absolute Gasteiger partial charge is 0.242 e. The molecule has 0 amide bonds. The van der Waals surface area contributed by atoms with Crippen molar-refractivity contribution in [3.05, 3.63) is 15.8 Å². The zero-order valence-corrected chi connectivity index (χ0v) is 15.2. The molecule has 1 rings (SSSR count). The minimum Gasteiger partial charge on any atom is -0.310 e. The van der Waals surface area contributed by atoms with Crippen LogP contribution in [0.25, 0.3) is 0 Å². The molecule has 0 radical (unpaired) electrons. The molecule has 1 aromatic heterocycles. The topological polar surface area (TPSA) is 61.4 Å². The van der Waals surface area contributed by atoms with Crippen molar-refractivity contribution in [1.29, 1.82) is 0 Å². The molecule has 0 unspecified atom stereocenters. The molecule has 1 aromatic rings. The molecule has 0 fully saturated rings. The quantitative estimate of drug-likeness (QED) is 0.723. The van der Waals surface area contributed by atoms with E-state index in [4.69, 9.17) is 0 Å². The zero-order chi connectivity index (χ0) is 16.0. The molecule has 0 aliphatic carbocycles. The van der Waals surface area contributed by atoms with Crippen LogP contribution >= 0.6 is 11.3 Å². The van der Waals surface area contributed by atoms with Crippen LogP contribution in [0, 0.1) is 6.92 Å². The first-order valence-corrected chi connectivity index (χ1v) is 9.62. The lowest BCUT2D eigenvalue weighted by molar-refractivity contribution is 0.358. The number of nitrogens with one attached hydrogen (secondary N) is 2. The van der Waals surface area contributed by atoms with Gasteiger partial charge in [-0.2, -0.15) is 0 Å². The molecule has 0 aliphatic heterocycles. The van der Waals surface area contributed by atoms with Gasteiger partial charge in [0, 0.05) is 30.6 Å². The van der Waals surface area contributed by atoms with Gasteiger partial charge >= 0.3 is 0 Å². The van der Waals surface area contributed by atoms with E-state index in [2.05, 4.69) is 14.9 Å². The van der Waals surface area contributed by atoms with E-state index in [-0.39, 0.29) is 0 Å². The van der Waals surface area contributed by atoms with Crippen molar-refractivity contribution in [2.24, 2.45) is 0 Å². The van der Waals surface area contributed by atoms with E-state index in [0.29, 0.717) is 30.6 Å². The second kappa shape index (κ2) is 8.24. The largest absolute Gasteiger partial charge is 0.310 e. The molecule has 0 saturated heterocycles. The van der Waals surface area contributed by atoms with E-state index in [0.717, 1.165) is 17.0 Å². The number of likely N-dealkylation sites (N-methyl/N-ethyl adjacent to an activating group) is 1. The van der Waals surface area contributed by atoms with Crippen LogP contribution < -0.4 is 10.0 Å². The van der Waals surface area contributed by atoms with E-state index < -0.39 is 10.0 Å². The average molecular weight is 334 g/mol. The van der Waals surface area contributed by atoms with Gasteiger partial charge in [0.25, 0.3) is 0 Å². The molecular formula is C14H27N3O2S2. The van der Waals surface area contributed by atoms with Crippen molar-refractivity contribution in [3.8, 4) is 0 Å². The summed E-state index contributed by atoms with van der Waals surface area (Å²) in [5.41, 5.74) is 0.817. The Morgan fingerprint density at radius 3 is 2.62 bits per heavy atom. The second-order valence-electron chi connectivity index (χ2n) is 5.50. The molecule has 0 saturated carbocycles. The number of rotatable bonds is 9. The molecule has 122 valence electrons. The van der Waals surface area contributed by atoms with Gasteiger partial charge in [-0.05, 0) is 31.5 Å². The second-order valence-corrected chi connectivity index (χ2v) is 8.17. The molecule has 0 spiro atoms. The SMILES string of the molecule is CCN(C)CCNS(=O)(=O)c1c(C)csc1CNC(C)C. The van der Waals surface area contributed by atoms with E-state index in [1.54, 1.807) is 0 Å². The van der Waals surface area contributed by atoms with Gasteiger partial charge < -0.3 is 10.2 Å². The first-order chi connectivity index (χ1) is 9.77. The summed E-state index contributed by atoms with van der Waals surface area (Å²) in [7, 11) is -1.46. The van der Waals surface area contributed by atoms with Crippen LogP contribution in [-0.2, 0) is 16.6 Å². The third-order valence-corrected chi connectivity index (χ3v) is 6.18. The molecule has 21 heavy (non-hydrogen) atoms. The molecular weight excluding hydrogens is 306 g/mol. The van der Waals surface area contributed by atoms with Crippen molar-refractivity contribution in [2.75, 3.05) is 26.7 Å². The first-order valence-electron chi connectivity index (χ1n) is 7.26. The highest BCUT2D eigenvalue weighted by molar-refractivity contribution is 7.89. The predicted octanol–water partition coefficient (Wildman–Crippen LogP) is 1.78. The van der Waals surface area contributed by atoms with Crippen molar-refractivity contribution in [1.82, 2.24) is 14.9 Å². The Bertz CT molecular complexity index is 538. The summed E-state index contributed by atoms with van der Waals surface area (Å²) in [6.45, 7) is 10.6. The Kier molecular flexibility index (Phi) is 7.29. The Labute approximate surface area is 132 Å². The zero-order valence-electron chi connectivity index (χ0n) is 13.6.